The summed E-state index contributed by atoms with van der Waals surface area (Å²) in [5, 5.41) is 27.0. The molecule has 6 nitrogen and oxygen atoms in total. The molecule has 0 atom stereocenters. The van der Waals surface area contributed by atoms with Crippen LogP contribution in [0.3, 0.4) is 0 Å². The monoisotopic (exact) mass is 440 g/mol. The van der Waals surface area contributed by atoms with Gasteiger partial charge in [-0.15, -0.1) is 0 Å². The molecule has 0 heterocycles. The number of aromatic carboxylic acids is 2. The maximum absolute atomic E-state index is 11.2. The first-order chi connectivity index (χ1) is 15.9. The van der Waals surface area contributed by atoms with Gasteiger partial charge in [0.25, 0.3) is 0 Å². The highest BCUT2D eigenvalue weighted by Gasteiger charge is 2.10. The third kappa shape index (κ3) is 4.98. The Hall–Kier alpha value is -4.26. The highest BCUT2D eigenvalue weighted by atomic mass is 17.1. The topological polar surface area (TPSA) is 104 Å². The van der Waals surface area contributed by atoms with Gasteiger partial charge in [-0.3, -0.25) is 5.26 Å². The van der Waals surface area contributed by atoms with Gasteiger partial charge in [-0.25, -0.2) is 14.5 Å². The van der Waals surface area contributed by atoms with Gasteiger partial charge < -0.3 is 10.2 Å². The lowest BCUT2D eigenvalue weighted by Crippen LogP contribution is -1.95. The van der Waals surface area contributed by atoms with Crippen LogP contribution in [0.1, 0.15) is 26.3 Å². The number of rotatable bonds is 7. The van der Waals surface area contributed by atoms with Crippen molar-refractivity contribution in [3.63, 3.8) is 0 Å². The fraction of sp³-hybridized carbons (Fsp3) is 0.0370. The number of carboxylic acid groups (broad SMARTS) is 2. The van der Waals surface area contributed by atoms with Gasteiger partial charge in [0, 0.05) is 0 Å². The number of hydrogen-bond donors (Lipinski definition) is 3. The van der Waals surface area contributed by atoms with Crippen LogP contribution in [0.15, 0.2) is 91.0 Å². The van der Waals surface area contributed by atoms with Crippen LogP contribution in [0.5, 0.6) is 0 Å². The summed E-state index contributed by atoms with van der Waals surface area (Å²) in [4.78, 5) is 26.6. The van der Waals surface area contributed by atoms with E-state index in [0.29, 0.717) is 0 Å². The lowest BCUT2D eigenvalue weighted by Gasteiger charge is -2.12. The van der Waals surface area contributed by atoms with Gasteiger partial charge in [-0.1, -0.05) is 48.5 Å². The Morgan fingerprint density at radius 1 is 0.545 bits per heavy atom. The molecule has 0 bridgehead atoms. The average molecular weight is 440 g/mol. The van der Waals surface area contributed by atoms with E-state index in [0.717, 1.165) is 38.9 Å². The van der Waals surface area contributed by atoms with Gasteiger partial charge in [-0.05, 0) is 81.4 Å². The van der Waals surface area contributed by atoms with Crippen molar-refractivity contribution in [3.8, 4) is 33.4 Å². The largest absolute Gasteiger partial charge is 0.478 e. The molecule has 0 fully saturated rings. The van der Waals surface area contributed by atoms with Gasteiger partial charge >= 0.3 is 11.9 Å². The van der Waals surface area contributed by atoms with Crippen LogP contribution in [0.25, 0.3) is 33.4 Å². The zero-order valence-corrected chi connectivity index (χ0v) is 17.4. The van der Waals surface area contributed by atoms with E-state index >= 15 is 0 Å². The van der Waals surface area contributed by atoms with Crippen LogP contribution in [-0.4, -0.2) is 27.4 Å². The summed E-state index contributed by atoms with van der Waals surface area (Å²) in [5.74, 6) is -1.97. The molecular weight excluding hydrogens is 420 g/mol. The van der Waals surface area contributed by atoms with Crippen molar-refractivity contribution in [1.82, 2.24) is 0 Å². The summed E-state index contributed by atoms with van der Waals surface area (Å²) in [7, 11) is 0. The van der Waals surface area contributed by atoms with Crippen LogP contribution >= 0.6 is 0 Å². The highest BCUT2D eigenvalue weighted by molar-refractivity contribution is 5.90. The molecule has 4 aromatic rings. The third-order valence-electron chi connectivity index (χ3n) is 5.38. The van der Waals surface area contributed by atoms with E-state index in [4.69, 9.17) is 5.26 Å². The first kappa shape index (κ1) is 22.0. The molecule has 33 heavy (non-hydrogen) atoms. The van der Waals surface area contributed by atoms with Gasteiger partial charge in [0.15, 0.2) is 0 Å². The maximum Gasteiger partial charge on any atom is 0.335 e. The fourth-order valence-electron chi connectivity index (χ4n) is 3.61. The summed E-state index contributed by atoms with van der Waals surface area (Å²) >= 11 is 0. The Kier molecular flexibility index (Phi) is 6.31. The van der Waals surface area contributed by atoms with Gasteiger partial charge in [0.2, 0.25) is 0 Å². The predicted octanol–water partition coefficient (Wildman–Crippen LogP) is 6.07. The molecule has 0 aliphatic carbocycles. The average Bonchev–Trinajstić information content (AvgIpc) is 2.84. The lowest BCUT2D eigenvalue weighted by molar-refractivity contribution is -0.253. The van der Waals surface area contributed by atoms with Crippen molar-refractivity contribution in [2.45, 2.75) is 6.61 Å². The van der Waals surface area contributed by atoms with E-state index in [1.54, 1.807) is 48.5 Å². The molecule has 0 radical (unpaired) electrons. The molecule has 0 aromatic heterocycles. The van der Waals surface area contributed by atoms with Crippen molar-refractivity contribution in [2.75, 3.05) is 0 Å². The number of hydrogen-bond acceptors (Lipinski definition) is 4. The minimum Gasteiger partial charge on any atom is -0.478 e. The minimum atomic E-state index is -0.985. The number of benzene rings is 4. The molecule has 0 aliphatic heterocycles. The smallest absolute Gasteiger partial charge is 0.335 e. The summed E-state index contributed by atoms with van der Waals surface area (Å²) in [6.45, 7) is 0.0947. The van der Waals surface area contributed by atoms with E-state index in [1.165, 1.54) is 0 Å². The first-order valence-corrected chi connectivity index (χ1v) is 10.1. The normalized spacial score (nSPS) is 10.7. The molecule has 4 rings (SSSR count). The summed E-state index contributed by atoms with van der Waals surface area (Å²) in [6, 6.07) is 26.9. The third-order valence-corrected chi connectivity index (χ3v) is 5.38. The molecule has 6 heteroatoms. The lowest BCUT2D eigenvalue weighted by atomic mass is 9.92. The highest BCUT2D eigenvalue weighted by Crippen LogP contribution is 2.33. The molecule has 0 spiro atoms. The van der Waals surface area contributed by atoms with Gasteiger partial charge in [-0.2, -0.15) is 0 Å². The molecule has 0 saturated heterocycles. The zero-order valence-electron chi connectivity index (χ0n) is 17.4. The summed E-state index contributed by atoms with van der Waals surface area (Å²) in [6.07, 6.45) is 0. The number of carbonyl (C=O) groups is 2. The Balaban J connectivity index is 1.81. The van der Waals surface area contributed by atoms with E-state index in [2.05, 4.69) is 4.89 Å². The molecule has 164 valence electrons. The van der Waals surface area contributed by atoms with Crippen LogP contribution in [0.4, 0.5) is 0 Å². The second kappa shape index (κ2) is 9.48. The van der Waals surface area contributed by atoms with Crippen molar-refractivity contribution in [3.05, 3.63) is 108 Å². The zero-order chi connectivity index (χ0) is 23.4. The Bertz CT molecular complexity index is 1210. The van der Waals surface area contributed by atoms with Crippen molar-refractivity contribution in [1.29, 1.82) is 0 Å². The minimum absolute atomic E-state index is 0.0947. The van der Waals surface area contributed by atoms with Crippen LogP contribution in [0, 0.1) is 0 Å². The van der Waals surface area contributed by atoms with Gasteiger partial charge in [0.1, 0.15) is 6.61 Å². The Morgan fingerprint density at radius 3 is 1.18 bits per heavy atom. The SMILES string of the molecule is O=C(O)c1ccc(-c2cc(-c3ccc(COO)cc3)cc(-c3ccc(C(=O)O)cc3)c2)cc1. The van der Waals surface area contributed by atoms with Crippen LogP contribution < -0.4 is 0 Å². The second-order valence-corrected chi connectivity index (χ2v) is 7.53. The van der Waals surface area contributed by atoms with Crippen LogP contribution in [-0.2, 0) is 11.5 Å². The second-order valence-electron chi connectivity index (χ2n) is 7.53. The van der Waals surface area contributed by atoms with Crippen LogP contribution in [0.2, 0.25) is 0 Å². The molecule has 0 unspecified atom stereocenters. The summed E-state index contributed by atoms with van der Waals surface area (Å²) < 4.78 is 0. The van der Waals surface area contributed by atoms with Gasteiger partial charge in [0.05, 0.1) is 11.1 Å². The molecule has 0 aliphatic rings. The molecule has 4 aromatic carbocycles. The summed E-state index contributed by atoms with van der Waals surface area (Å²) in [5.41, 5.74) is 6.63. The molecule has 0 amide bonds. The Labute approximate surface area is 189 Å². The van der Waals surface area contributed by atoms with E-state index in [9.17, 15) is 19.8 Å². The number of carboxylic acids is 2. The Morgan fingerprint density at radius 2 is 0.879 bits per heavy atom. The maximum atomic E-state index is 11.2. The van der Waals surface area contributed by atoms with Crippen molar-refractivity contribution in [2.24, 2.45) is 0 Å². The van der Waals surface area contributed by atoms with E-state index < -0.39 is 11.9 Å². The fourth-order valence-corrected chi connectivity index (χ4v) is 3.61. The molecule has 3 N–H and O–H groups in total. The standard InChI is InChI=1S/C27H20O6/c28-26(29)21-9-5-19(6-10-21)24-13-23(18-3-1-17(2-4-18)16-33-32)14-25(15-24)20-7-11-22(12-8-20)27(30)31/h1-15,32H,16H2,(H,28,29)(H,30,31). The molecule has 0 saturated carbocycles. The van der Waals surface area contributed by atoms with E-state index in [1.807, 2.05) is 42.5 Å². The quantitative estimate of drug-likeness (QED) is 0.238. The first-order valence-electron chi connectivity index (χ1n) is 10.1. The van der Waals surface area contributed by atoms with E-state index in [-0.39, 0.29) is 17.7 Å². The molecular formula is C27H20O6. The van der Waals surface area contributed by atoms with Crippen molar-refractivity contribution >= 4 is 11.9 Å². The van der Waals surface area contributed by atoms with Crippen molar-refractivity contribution < 1.29 is 29.9 Å². The predicted molar refractivity (Wildman–Crippen MR) is 124 cm³/mol.